The first kappa shape index (κ1) is 23.6. The Kier molecular flexibility index (Phi) is 6.82. The van der Waals surface area contributed by atoms with Crippen LogP contribution in [-0.2, 0) is 22.8 Å². The molecule has 0 aliphatic carbocycles. The number of rotatable bonds is 8. The Hall–Kier alpha value is -3.01. The summed E-state index contributed by atoms with van der Waals surface area (Å²) >= 11 is 0. The van der Waals surface area contributed by atoms with Gasteiger partial charge in [-0.2, -0.15) is 5.10 Å². The number of aromatic nitrogens is 4. The SMILES string of the molecule is Cc1cc(C)c(CNC(=O)c2cc(CCCS(C)(=O)=O)nc3c2cnn3C(C)C)c(=O)[nH]1. The molecule has 0 aliphatic rings. The van der Waals surface area contributed by atoms with E-state index in [9.17, 15) is 18.0 Å². The number of sulfone groups is 1. The molecule has 172 valence electrons. The first-order valence-corrected chi connectivity index (χ1v) is 12.5. The number of amides is 1. The summed E-state index contributed by atoms with van der Waals surface area (Å²) in [6, 6.07) is 3.58. The largest absolute Gasteiger partial charge is 0.348 e. The van der Waals surface area contributed by atoms with Gasteiger partial charge in [0.1, 0.15) is 9.84 Å². The summed E-state index contributed by atoms with van der Waals surface area (Å²) in [5.41, 5.74) is 3.44. The van der Waals surface area contributed by atoms with Crippen LogP contribution in [0.1, 0.15) is 59.2 Å². The van der Waals surface area contributed by atoms with E-state index < -0.39 is 9.84 Å². The Labute approximate surface area is 187 Å². The number of pyridine rings is 2. The van der Waals surface area contributed by atoms with Gasteiger partial charge in [-0.3, -0.25) is 9.59 Å². The fourth-order valence-corrected chi connectivity index (χ4v) is 4.31. The van der Waals surface area contributed by atoms with Gasteiger partial charge < -0.3 is 10.3 Å². The van der Waals surface area contributed by atoms with Gasteiger partial charge in [-0.05, 0) is 58.2 Å². The number of nitrogens with zero attached hydrogens (tertiary/aromatic N) is 3. The molecule has 3 rings (SSSR count). The van der Waals surface area contributed by atoms with Crippen LogP contribution in [0, 0.1) is 13.8 Å². The van der Waals surface area contributed by atoms with Gasteiger partial charge in [0.05, 0.1) is 22.9 Å². The van der Waals surface area contributed by atoms with Gasteiger partial charge in [0, 0.05) is 35.8 Å². The van der Waals surface area contributed by atoms with Crippen LogP contribution >= 0.6 is 0 Å². The van der Waals surface area contributed by atoms with Gasteiger partial charge in [0.15, 0.2) is 5.65 Å². The van der Waals surface area contributed by atoms with Crippen LogP contribution in [-0.4, -0.2) is 46.1 Å². The monoisotopic (exact) mass is 459 g/mol. The number of carbonyl (C=O) groups is 1. The van der Waals surface area contributed by atoms with Crippen LogP contribution in [0.25, 0.3) is 11.0 Å². The lowest BCUT2D eigenvalue weighted by Crippen LogP contribution is -2.28. The number of nitrogens with one attached hydrogen (secondary N) is 2. The molecular formula is C22H29N5O4S. The van der Waals surface area contributed by atoms with E-state index in [1.807, 2.05) is 33.8 Å². The summed E-state index contributed by atoms with van der Waals surface area (Å²) in [6.45, 7) is 7.67. The third-order valence-electron chi connectivity index (χ3n) is 5.22. The van der Waals surface area contributed by atoms with Crippen molar-refractivity contribution in [1.29, 1.82) is 0 Å². The highest BCUT2D eigenvalue weighted by Gasteiger charge is 2.19. The predicted octanol–water partition coefficient (Wildman–Crippen LogP) is 2.22. The molecule has 0 saturated heterocycles. The highest BCUT2D eigenvalue weighted by molar-refractivity contribution is 7.90. The number of aromatic amines is 1. The molecule has 0 spiro atoms. The Morgan fingerprint density at radius 3 is 2.59 bits per heavy atom. The minimum absolute atomic E-state index is 0.0379. The molecule has 32 heavy (non-hydrogen) atoms. The highest BCUT2D eigenvalue weighted by Crippen LogP contribution is 2.22. The van der Waals surface area contributed by atoms with Gasteiger partial charge >= 0.3 is 0 Å². The fraction of sp³-hybridized carbons (Fsp3) is 0.455. The minimum Gasteiger partial charge on any atom is -0.348 e. The average molecular weight is 460 g/mol. The number of hydrogen-bond donors (Lipinski definition) is 2. The molecule has 2 N–H and O–H groups in total. The van der Waals surface area contributed by atoms with Crippen LogP contribution in [0.5, 0.6) is 0 Å². The molecule has 0 aliphatic heterocycles. The van der Waals surface area contributed by atoms with Crippen LogP contribution in [0.15, 0.2) is 23.1 Å². The summed E-state index contributed by atoms with van der Waals surface area (Å²) in [5.74, 6) is -0.294. The zero-order chi connectivity index (χ0) is 23.6. The van der Waals surface area contributed by atoms with Crippen molar-refractivity contribution in [3.05, 3.63) is 56.8 Å². The van der Waals surface area contributed by atoms with Gasteiger partial charge in [-0.1, -0.05) is 0 Å². The lowest BCUT2D eigenvalue weighted by molar-refractivity contribution is 0.0952. The second kappa shape index (κ2) is 9.23. The molecule has 3 aromatic rings. The first-order chi connectivity index (χ1) is 15.0. The smallest absolute Gasteiger partial charge is 0.253 e. The lowest BCUT2D eigenvalue weighted by Gasteiger charge is -2.12. The summed E-state index contributed by atoms with van der Waals surface area (Å²) in [7, 11) is -3.08. The quantitative estimate of drug-likeness (QED) is 0.532. The molecule has 10 heteroatoms. The maximum atomic E-state index is 13.1. The number of aryl methyl sites for hydroxylation is 3. The molecule has 0 aromatic carbocycles. The van der Waals surface area contributed by atoms with Gasteiger partial charge in [-0.15, -0.1) is 0 Å². The standard InChI is InChI=1S/C22H29N5O4S/c1-13(2)27-20-19(12-24-27)17(10-16(26-20)7-6-8-32(5,30)31)21(28)23-11-18-14(3)9-15(4)25-22(18)29/h9-10,12-13H,6-8,11H2,1-5H3,(H,23,28)(H,25,29). The van der Waals surface area contributed by atoms with Crippen LogP contribution < -0.4 is 10.9 Å². The summed E-state index contributed by atoms with van der Waals surface area (Å²) in [6.07, 6.45) is 3.64. The molecule has 9 nitrogen and oxygen atoms in total. The van der Waals surface area contributed by atoms with Gasteiger partial charge in [-0.25, -0.2) is 18.1 Å². The van der Waals surface area contributed by atoms with Crippen LogP contribution in [0.3, 0.4) is 0 Å². The number of carbonyl (C=O) groups excluding carboxylic acids is 1. The van der Waals surface area contributed by atoms with Crippen molar-refractivity contribution in [1.82, 2.24) is 25.1 Å². The minimum atomic E-state index is -3.08. The van der Waals surface area contributed by atoms with E-state index in [0.29, 0.717) is 40.7 Å². The molecule has 3 aromatic heterocycles. The zero-order valence-corrected chi connectivity index (χ0v) is 19.8. The van der Waals surface area contributed by atoms with E-state index in [4.69, 9.17) is 0 Å². The normalized spacial score (nSPS) is 11.9. The first-order valence-electron chi connectivity index (χ1n) is 10.5. The van der Waals surface area contributed by atoms with E-state index in [1.165, 1.54) is 6.26 Å². The molecule has 0 bridgehead atoms. The summed E-state index contributed by atoms with van der Waals surface area (Å²) in [5, 5.41) is 7.82. The number of H-pyrrole nitrogens is 1. The zero-order valence-electron chi connectivity index (χ0n) is 19.0. The van der Waals surface area contributed by atoms with Crippen molar-refractivity contribution in [2.24, 2.45) is 0 Å². The Bertz CT molecular complexity index is 1320. The van der Waals surface area contributed by atoms with Gasteiger partial charge in [0.2, 0.25) is 0 Å². The Morgan fingerprint density at radius 2 is 1.97 bits per heavy atom. The Morgan fingerprint density at radius 1 is 1.25 bits per heavy atom. The predicted molar refractivity (Wildman–Crippen MR) is 124 cm³/mol. The van der Waals surface area contributed by atoms with Crippen molar-refractivity contribution in [2.45, 2.75) is 53.1 Å². The summed E-state index contributed by atoms with van der Waals surface area (Å²) < 4.78 is 24.7. The number of hydrogen-bond acceptors (Lipinski definition) is 6. The van der Waals surface area contributed by atoms with E-state index in [1.54, 1.807) is 16.9 Å². The molecule has 0 unspecified atom stereocenters. The maximum Gasteiger partial charge on any atom is 0.253 e. The number of fused-ring (bicyclic) bond motifs is 1. The highest BCUT2D eigenvalue weighted by atomic mass is 32.2. The second-order valence-electron chi connectivity index (χ2n) is 8.44. The Balaban J connectivity index is 1.93. The van der Waals surface area contributed by atoms with E-state index >= 15 is 0 Å². The molecule has 0 atom stereocenters. The third kappa shape index (κ3) is 5.42. The van der Waals surface area contributed by atoms with Crippen LogP contribution in [0.2, 0.25) is 0 Å². The lowest BCUT2D eigenvalue weighted by atomic mass is 10.1. The van der Waals surface area contributed by atoms with Crippen molar-refractivity contribution in [2.75, 3.05) is 12.0 Å². The van der Waals surface area contributed by atoms with E-state index in [0.717, 1.165) is 11.3 Å². The molecule has 0 radical (unpaired) electrons. The fourth-order valence-electron chi connectivity index (χ4n) is 3.64. The van der Waals surface area contributed by atoms with Crippen LogP contribution in [0.4, 0.5) is 0 Å². The maximum absolute atomic E-state index is 13.1. The molecular weight excluding hydrogens is 430 g/mol. The third-order valence-corrected chi connectivity index (χ3v) is 6.25. The van der Waals surface area contributed by atoms with Crippen molar-refractivity contribution in [3.8, 4) is 0 Å². The molecule has 3 heterocycles. The van der Waals surface area contributed by atoms with E-state index in [-0.39, 0.29) is 29.8 Å². The topological polar surface area (TPSA) is 127 Å². The molecule has 0 saturated carbocycles. The van der Waals surface area contributed by atoms with Crippen molar-refractivity contribution < 1.29 is 13.2 Å². The van der Waals surface area contributed by atoms with Gasteiger partial charge in [0.25, 0.3) is 11.5 Å². The summed E-state index contributed by atoms with van der Waals surface area (Å²) in [4.78, 5) is 32.8. The molecule has 0 fully saturated rings. The van der Waals surface area contributed by atoms with Crippen molar-refractivity contribution >= 4 is 26.8 Å². The average Bonchev–Trinajstić information content (AvgIpc) is 3.09. The second-order valence-corrected chi connectivity index (χ2v) is 10.7. The van der Waals surface area contributed by atoms with Crippen molar-refractivity contribution in [3.63, 3.8) is 0 Å². The molecule has 1 amide bonds. The van der Waals surface area contributed by atoms with E-state index in [2.05, 4.69) is 20.4 Å².